The highest BCUT2D eigenvalue weighted by Gasteiger charge is 2.26. The van der Waals surface area contributed by atoms with Crippen molar-refractivity contribution in [1.29, 1.82) is 0 Å². The molecule has 0 aliphatic rings. The third-order valence-electron chi connectivity index (χ3n) is 1.47. The van der Waals surface area contributed by atoms with Gasteiger partial charge in [-0.2, -0.15) is 0 Å². The zero-order valence-electron chi connectivity index (χ0n) is 8.00. The Morgan fingerprint density at radius 1 is 1.62 bits per heavy atom. The predicted molar refractivity (Wildman–Crippen MR) is 50.2 cm³/mol. The quantitative estimate of drug-likeness (QED) is 0.281. The topological polar surface area (TPSA) is 43.4 Å². The Morgan fingerprint density at radius 2 is 2.15 bits per heavy atom. The van der Waals surface area contributed by atoms with Crippen LogP contribution in [0.3, 0.4) is 0 Å². The molecule has 13 heavy (non-hydrogen) atoms. The van der Waals surface area contributed by atoms with E-state index in [1.54, 1.807) is 0 Å². The number of esters is 1. The molecule has 0 aromatic heterocycles. The van der Waals surface area contributed by atoms with Gasteiger partial charge in [-0.05, 0) is 13.8 Å². The van der Waals surface area contributed by atoms with Crippen molar-refractivity contribution in [1.82, 2.24) is 0 Å². The lowest BCUT2D eigenvalue weighted by molar-refractivity contribution is -0.156. The van der Waals surface area contributed by atoms with Gasteiger partial charge in [0.15, 0.2) is 11.9 Å². The maximum absolute atomic E-state index is 11.1. The van der Waals surface area contributed by atoms with Crippen molar-refractivity contribution >= 4 is 12.3 Å². The van der Waals surface area contributed by atoms with Crippen molar-refractivity contribution in [3.63, 3.8) is 0 Å². The minimum absolute atomic E-state index is 0.275. The van der Waals surface area contributed by atoms with Gasteiger partial charge in [0, 0.05) is 12.0 Å². The fourth-order valence-electron chi connectivity index (χ4n) is 0.699. The Labute approximate surface area is 78.1 Å². The SMILES string of the molecule is C=CCC(C)(C=O)OC(=O)C(=C)C. The van der Waals surface area contributed by atoms with Crippen LogP contribution < -0.4 is 0 Å². The highest BCUT2D eigenvalue weighted by Crippen LogP contribution is 2.14. The zero-order chi connectivity index (χ0) is 10.5. The first-order chi connectivity index (χ1) is 5.95. The molecule has 0 amide bonds. The molecule has 0 N–H and O–H groups in total. The lowest BCUT2D eigenvalue weighted by Gasteiger charge is -2.21. The summed E-state index contributed by atoms with van der Waals surface area (Å²) in [6, 6.07) is 0. The summed E-state index contributed by atoms with van der Waals surface area (Å²) in [4.78, 5) is 21.7. The normalized spacial score (nSPS) is 14.0. The second-order valence-corrected chi connectivity index (χ2v) is 3.09. The van der Waals surface area contributed by atoms with Crippen molar-refractivity contribution in [3.05, 3.63) is 24.8 Å². The first-order valence-corrected chi connectivity index (χ1v) is 3.91. The Bertz CT molecular complexity index is 243. The van der Waals surface area contributed by atoms with E-state index in [-0.39, 0.29) is 5.57 Å². The number of carbonyl (C=O) groups excluding carboxylic acids is 2. The molecule has 1 atom stereocenters. The maximum Gasteiger partial charge on any atom is 0.334 e. The standard InChI is InChI=1S/C10H14O3/c1-5-6-10(4,7-11)13-9(12)8(2)3/h5,7H,1-2,6H2,3-4H3. The van der Waals surface area contributed by atoms with Gasteiger partial charge in [-0.3, -0.25) is 4.79 Å². The highest BCUT2D eigenvalue weighted by molar-refractivity contribution is 5.88. The summed E-state index contributed by atoms with van der Waals surface area (Å²) >= 11 is 0. The monoisotopic (exact) mass is 182 g/mol. The van der Waals surface area contributed by atoms with Gasteiger partial charge in [0.1, 0.15) is 0 Å². The smallest absolute Gasteiger partial charge is 0.334 e. The molecular formula is C10H14O3. The van der Waals surface area contributed by atoms with E-state index in [1.165, 1.54) is 19.9 Å². The lowest BCUT2D eigenvalue weighted by Crippen LogP contribution is -2.33. The fourth-order valence-corrected chi connectivity index (χ4v) is 0.699. The van der Waals surface area contributed by atoms with Crippen LogP contribution in [0.2, 0.25) is 0 Å². The maximum atomic E-state index is 11.1. The molecule has 0 fully saturated rings. The van der Waals surface area contributed by atoms with Crippen LogP contribution >= 0.6 is 0 Å². The van der Waals surface area contributed by atoms with Gasteiger partial charge in [-0.25, -0.2) is 4.79 Å². The van der Waals surface area contributed by atoms with Crippen molar-refractivity contribution in [2.45, 2.75) is 25.9 Å². The third-order valence-corrected chi connectivity index (χ3v) is 1.47. The molecule has 0 aliphatic heterocycles. The molecule has 0 radical (unpaired) electrons. The molecule has 1 unspecified atom stereocenters. The van der Waals surface area contributed by atoms with Gasteiger partial charge in [0.25, 0.3) is 0 Å². The van der Waals surface area contributed by atoms with Gasteiger partial charge in [-0.15, -0.1) is 6.58 Å². The second kappa shape index (κ2) is 4.60. The highest BCUT2D eigenvalue weighted by atomic mass is 16.6. The van der Waals surface area contributed by atoms with Crippen molar-refractivity contribution < 1.29 is 14.3 Å². The van der Waals surface area contributed by atoms with Crippen molar-refractivity contribution in [2.24, 2.45) is 0 Å². The molecule has 0 rings (SSSR count). The zero-order valence-corrected chi connectivity index (χ0v) is 8.00. The van der Waals surface area contributed by atoms with Crippen molar-refractivity contribution in [2.75, 3.05) is 0 Å². The van der Waals surface area contributed by atoms with E-state index in [0.717, 1.165) is 0 Å². The van der Waals surface area contributed by atoms with Crippen LogP contribution in [0.15, 0.2) is 24.8 Å². The van der Waals surface area contributed by atoms with Gasteiger partial charge >= 0.3 is 5.97 Å². The average Bonchev–Trinajstić information content (AvgIpc) is 2.04. The van der Waals surface area contributed by atoms with E-state index in [4.69, 9.17) is 4.74 Å². The first kappa shape index (κ1) is 11.6. The van der Waals surface area contributed by atoms with E-state index >= 15 is 0 Å². The number of rotatable bonds is 5. The van der Waals surface area contributed by atoms with Crippen LogP contribution in [0.4, 0.5) is 0 Å². The summed E-state index contributed by atoms with van der Waals surface area (Å²) < 4.78 is 4.91. The molecule has 0 saturated carbocycles. The molecule has 0 aromatic rings. The Balaban J connectivity index is 4.43. The van der Waals surface area contributed by atoms with Crippen molar-refractivity contribution in [3.8, 4) is 0 Å². The number of ether oxygens (including phenoxy) is 1. The van der Waals surface area contributed by atoms with Gasteiger partial charge in [0.2, 0.25) is 0 Å². The van der Waals surface area contributed by atoms with E-state index in [1.807, 2.05) is 0 Å². The number of aldehydes is 1. The molecule has 3 heteroatoms. The van der Waals surface area contributed by atoms with E-state index in [9.17, 15) is 9.59 Å². The van der Waals surface area contributed by atoms with E-state index in [2.05, 4.69) is 13.2 Å². The van der Waals surface area contributed by atoms with Crippen LogP contribution in [0.1, 0.15) is 20.3 Å². The second-order valence-electron chi connectivity index (χ2n) is 3.09. The Kier molecular flexibility index (Phi) is 4.11. The largest absolute Gasteiger partial charge is 0.448 e. The summed E-state index contributed by atoms with van der Waals surface area (Å²) in [5, 5.41) is 0. The number of hydrogen-bond acceptors (Lipinski definition) is 3. The summed E-state index contributed by atoms with van der Waals surface area (Å²) in [6.45, 7) is 9.95. The van der Waals surface area contributed by atoms with Crippen LogP contribution in [0.25, 0.3) is 0 Å². The molecule has 72 valence electrons. The van der Waals surface area contributed by atoms with Crippen LogP contribution in [0, 0.1) is 0 Å². The minimum Gasteiger partial charge on any atom is -0.448 e. The van der Waals surface area contributed by atoms with E-state index in [0.29, 0.717) is 12.7 Å². The van der Waals surface area contributed by atoms with Gasteiger partial charge in [0.05, 0.1) is 0 Å². The first-order valence-electron chi connectivity index (χ1n) is 3.91. The number of hydrogen-bond donors (Lipinski definition) is 0. The summed E-state index contributed by atoms with van der Waals surface area (Å²) in [6.07, 6.45) is 2.42. The van der Waals surface area contributed by atoms with Crippen LogP contribution in [0.5, 0.6) is 0 Å². The molecule has 0 aliphatic carbocycles. The summed E-state index contributed by atoms with van der Waals surface area (Å²) in [7, 11) is 0. The van der Waals surface area contributed by atoms with Gasteiger partial charge in [-0.1, -0.05) is 12.7 Å². The molecule has 0 spiro atoms. The van der Waals surface area contributed by atoms with E-state index < -0.39 is 11.6 Å². The lowest BCUT2D eigenvalue weighted by atomic mass is 10.0. The molecular weight excluding hydrogens is 168 g/mol. The minimum atomic E-state index is -1.11. The fraction of sp³-hybridized carbons (Fsp3) is 0.400. The third kappa shape index (κ3) is 3.69. The predicted octanol–water partition coefficient (Wildman–Crippen LogP) is 1.64. The average molecular weight is 182 g/mol. The number of carbonyl (C=O) groups is 2. The molecule has 0 saturated heterocycles. The van der Waals surface area contributed by atoms with Gasteiger partial charge < -0.3 is 4.74 Å². The van der Waals surface area contributed by atoms with Crippen LogP contribution in [-0.2, 0) is 14.3 Å². The molecule has 0 bridgehead atoms. The molecule has 0 heterocycles. The molecule has 0 aromatic carbocycles. The Hall–Kier alpha value is -1.38. The summed E-state index contributed by atoms with van der Waals surface area (Å²) in [5.41, 5.74) is -0.838. The summed E-state index contributed by atoms with van der Waals surface area (Å²) in [5.74, 6) is -0.559. The molecule has 3 nitrogen and oxygen atoms in total. The Morgan fingerprint density at radius 3 is 2.46 bits per heavy atom. The van der Waals surface area contributed by atoms with Crippen LogP contribution in [-0.4, -0.2) is 17.9 Å².